The summed E-state index contributed by atoms with van der Waals surface area (Å²) >= 11 is 0. The van der Waals surface area contributed by atoms with Crippen molar-refractivity contribution in [2.75, 3.05) is 5.73 Å². The molecule has 0 radical (unpaired) electrons. The van der Waals surface area contributed by atoms with Crippen LogP contribution in [0.3, 0.4) is 0 Å². The van der Waals surface area contributed by atoms with Crippen LogP contribution in [0.2, 0.25) is 0 Å². The SMILES string of the molecule is CCCC(C)n1cncc1-c1ccc(N)nc1. The van der Waals surface area contributed by atoms with Gasteiger partial charge in [-0.2, -0.15) is 0 Å². The lowest BCUT2D eigenvalue weighted by atomic mass is 10.1. The minimum atomic E-state index is 0.454. The van der Waals surface area contributed by atoms with Crippen LogP contribution in [0.5, 0.6) is 0 Å². The van der Waals surface area contributed by atoms with Crippen LogP contribution >= 0.6 is 0 Å². The van der Waals surface area contributed by atoms with Crippen molar-refractivity contribution < 1.29 is 0 Å². The molecular formula is C13H18N4. The first kappa shape index (κ1) is 11.6. The van der Waals surface area contributed by atoms with Crippen LogP contribution in [0.4, 0.5) is 5.82 Å². The highest BCUT2D eigenvalue weighted by Gasteiger charge is 2.10. The summed E-state index contributed by atoms with van der Waals surface area (Å²) in [6.07, 6.45) is 7.86. The molecule has 0 saturated carbocycles. The molecule has 1 atom stereocenters. The standard InChI is InChI=1S/C13H18N4/c1-3-4-10(2)17-9-15-8-12(17)11-5-6-13(14)16-7-11/h5-10H,3-4H2,1-2H3,(H2,14,16). The van der Waals surface area contributed by atoms with Gasteiger partial charge in [-0.25, -0.2) is 9.97 Å². The number of imidazole rings is 1. The summed E-state index contributed by atoms with van der Waals surface area (Å²) in [6, 6.07) is 4.25. The second-order valence-electron chi connectivity index (χ2n) is 4.30. The number of hydrogen-bond donors (Lipinski definition) is 1. The number of nitrogen functional groups attached to an aromatic ring is 1. The minimum Gasteiger partial charge on any atom is -0.384 e. The molecule has 0 amide bonds. The number of nitrogens with zero attached hydrogens (tertiary/aromatic N) is 3. The molecule has 0 fully saturated rings. The number of anilines is 1. The number of aromatic nitrogens is 3. The highest BCUT2D eigenvalue weighted by atomic mass is 15.1. The van der Waals surface area contributed by atoms with E-state index in [9.17, 15) is 0 Å². The molecule has 2 heterocycles. The van der Waals surface area contributed by atoms with Crippen molar-refractivity contribution in [3.8, 4) is 11.3 Å². The maximum absolute atomic E-state index is 5.59. The zero-order valence-corrected chi connectivity index (χ0v) is 10.3. The van der Waals surface area contributed by atoms with Gasteiger partial charge in [-0.15, -0.1) is 0 Å². The summed E-state index contributed by atoms with van der Waals surface area (Å²) in [7, 11) is 0. The molecule has 2 rings (SSSR count). The predicted molar refractivity (Wildman–Crippen MR) is 69.5 cm³/mol. The Kier molecular flexibility index (Phi) is 3.42. The second-order valence-corrected chi connectivity index (χ2v) is 4.30. The molecule has 17 heavy (non-hydrogen) atoms. The average molecular weight is 230 g/mol. The Hall–Kier alpha value is -1.84. The summed E-state index contributed by atoms with van der Waals surface area (Å²) in [4.78, 5) is 8.35. The fraction of sp³-hybridized carbons (Fsp3) is 0.385. The van der Waals surface area contributed by atoms with Crippen LogP contribution in [-0.2, 0) is 0 Å². The zero-order valence-electron chi connectivity index (χ0n) is 10.3. The fourth-order valence-electron chi connectivity index (χ4n) is 1.99. The molecule has 1 unspecified atom stereocenters. The molecule has 90 valence electrons. The van der Waals surface area contributed by atoms with Crippen molar-refractivity contribution in [2.24, 2.45) is 0 Å². The summed E-state index contributed by atoms with van der Waals surface area (Å²) in [6.45, 7) is 4.40. The monoisotopic (exact) mass is 230 g/mol. The Balaban J connectivity index is 2.33. The van der Waals surface area contributed by atoms with Crippen molar-refractivity contribution in [2.45, 2.75) is 32.7 Å². The molecule has 4 nitrogen and oxygen atoms in total. The summed E-state index contributed by atoms with van der Waals surface area (Å²) in [5.41, 5.74) is 7.74. The largest absolute Gasteiger partial charge is 0.384 e. The van der Waals surface area contributed by atoms with Gasteiger partial charge < -0.3 is 10.3 Å². The predicted octanol–water partition coefficient (Wildman–Crippen LogP) is 2.89. The van der Waals surface area contributed by atoms with Crippen LogP contribution < -0.4 is 5.73 Å². The molecule has 2 N–H and O–H groups in total. The van der Waals surface area contributed by atoms with Gasteiger partial charge in [-0.1, -0.05) is 13.3 Å². The van der Waals surface area contributed by atoms with E-state index in [4.69, 9.17) is 5.73 Å². The van der Waals surface area contributed by atoms with Crippen molar-refractivity contribution in [1.82, 2.24) is 14.5 Å². The van der Waals surface area contributed by atoms with E-state index in [2.05, 4.69) is 28.4 Å². The van der Waals surface area contributed by atoms with Crippen LogP contribution in [0.15, 0.2) is 30.9 Å². The average Bonchev–Trinajstić information content (AvgIpc) is 2.79. The third-order valence-electron chi connectivity index (χ3n) is 2.93. The van der Waals surface area contributed by atoms with Crippen molar-refractivity contribution in [3.05, 3.63) is 30.9 Å². The second kappa shape index (κ2) is 4.99. The van der Waals surface area contributed by atoms with E-state index in [1.165, 1.54) is 6.42 Å². The van der Waals surface area contributed by atoms with E-state index >= 15 is 0 Å². The third-order valence-corrected chi connectivity index (χ3v) is 2.93. The zero-order chi connectivity index (χ0) is 12.3. The highest BCUT2D eigenvalue weighted by molar-refractivity contribution is 5.59. The van der Waals surface area contributed by atoms with Crippen LogP contribution in [0.25, 0.3) is 11.3 Å². The van der Waals surface area contributed by atoms with E-state index in [0.717, 1.165) is 17.7 Å². The number of rotatable bonds is 4. The Labute approximate surface area is 102 Å². The topological polar surface area (TPSA) is 56.7 Å². The van der Waals surface area contributed by atoms with Gasteiger partial charge in [0.2, 0.25) is 0 Å². The lowest BCUT2D eigenvalue weighted by molar-refractivity contribution is 0.504. The van der Waals surface area contributed by atoms with Gasteiger partial charge in [-0.3, -0.25) is 0 Å². The lowest BCUT2D eigenvalue weighted by Crippen LogP contribution is -2.05. The van der Waals surface area contributed by atoms with Gasteiger partial charge in [0.05, 0.1) is 18.2 Å². The van der Waals surface area contributed by atoms with E-state index in [1.54, 1.807) is 6.20 Å². The van der Waals surface area contributed by atoms with Crippen LogP contribution in [0, 0.1) is 0 Å². The highest BCUT2D eigenvalue weighted by Crippen LogP contribution is 2.24. The Morgan fingerprint density at radius 1 is 1.35 bits per heavy atom. The number of hydrogen-bond acceptors (Lipinski definition) is 3. The number of nitrogens with two attached hydrogens (primary N) is 1. The molecule has 0 aliphatic rings. The fourth-order valence-corrected chi connectivity index (χ4v) is 1.99. The van der Waals surface area contributed by atoms with Gasteiger partial charge in [0.25, 0.3) is 0 Å². The molecule has 4 heteroatoms. The molecule has 0 saturated heterocycles. The van der Waals surface area contributed by atoms with E-state index in [-0.39, 0.29) is 0 Å². The molecule has 0 bridgehead atoms. The van der Waals surface area contributed by atoms with Crippen LogP contribution in [-0.4, -0.2) is 14.5 Å². The molecule has 0 aliphatic heterocycles. The first-order valence-electron chi connectivity index (χ1n) is 5.96. The maximum atomic E-state index is 5.59. The third kappa shape index (κ3) is 2.46. The summed E-state index contributed by atoms with van der Waals surface area (Å²) in [5, 5.41) is 0. The quantitative estimate of drug-likeness (QED) is 0.878. The van der Waals surface area contributed by atoms with Gasteiger partial charge in [0.15, 0.2) is 0 Å². The van der Waals surface area contributed by atoms with Crippen LogP contribution in [0.1, 0.15) is 32.7 Å². The van der Waals surface area contributed by atoms with Crippen molar-refractivity contribution in [1.29, 1.82) is 0 Å². The van der Waals surface area contributed by atoms with E-state index in [1.807, 2.05) is 24.7 Å². The van der Waals surface area contributed by atoms with E-state index in [0.29, 0.717) is 11.9 Å². The molecule has 2 aromatic rings. The number of pyridine rings is 1. The van der Waals surface area contributed by atoms with Gasteiger partial charge in [-0.05, 0) is 25.5 Å². The van der Waals surface area contributed by atoms with Crippen molar-refractivity contribution in [3.63, 3.8) is 0 Å². The summed E-state index contributed by atoms with van der Waals surface area (Å²) in [5.74, 6) is 0.543. The van der Waals surface area contributed by atoms with E-state index < -0.39 is 0 Å². The first-order chi connectivity index (χ1) is 8.22. The lowest BCUT2D eigenvalue weighted by Gasteiger charge is -2.15. The first-order valence-corrected chi connectivity index (χ1v) is 5.96. The summed E-state index contributed by atoms with van der Waals surface area (Å²) < 4.78 is 2.19. The molecule has 2 aromatic heterocycles. The Morgan fingerprint density at radius 3 is 2.82 bits per heavy atom. The van der Waals surface area contributed by atoms with Gasteiger partial charge in [0.1, 0.15) is 5.82 Å². The Bertz CT molecular complexity index is 472. The normalized spacial score (nSPS) is 12.6. The molecular weight excluding hydrogens is 212 g/mol. The molecule has 0 aliphatic carbocycles. The smallest absolute Gasteiger partial charge is 0.123 e. The van der Waals surface area contributed by atoms with Gasteiger partial charge >= 0.3 is 0 Å². The van der Waals surface area contributed by atoms with Gasteiger partial charge in [0, 0.05) is 17.8 Å². The maximum Gasteiger partial charge on any atom is 0.123 e. The minimum absolute atomic E-state index is 0.454. The Morgan fingerprint density at radius 2 is 2.18 bits per heavy atom. The van der Waals surface area contributed by atoms with Crippen molar-refractivity contribution >= 4 is 5.82 Å². The molecule has 0 spiro atoms. The molecule has 0 aromatic carbocycles.